The fraction of sp³-hybridized carbons (Fsp3) is 0. The lowest BCUT2D eigenvalue weighted by atomic mass is 9.90. The second-order valence-electron chi connectivity index (χ2n) is 3.67. The van der Waals surface area contributed by atoms with Crippen molar-refractivity contribution in [3.05, 3.63) is 50.8 Å². The molecule has 0 saturated carbocycles. The fourth-order valence-corrected chi connectivity index (χ4v) is 1.83. The molecule has 0 radical (unpaired) electrons. The van der Waals surface area contributed by atoms with Crippen molar-refractivity contribution in [2.45, 2.75) is 0 Å². The van der Waals surface area contributed by atoms with Gasteiger partial charge in [-0.05, 0) is 6.07 Å². The van der Waals surface area contributed by atoms with Gasteiger partial charge in [-0.3, -0.25) is 19.7 Å². The highest BCUT2D eigenvalue weighted by atomic mass is 16.6. The molecule has 18 heavy (non-hydrogen) atoms. The Morgan fingerprint density at radius 2 is 1.67 bits per heavy atom. The van der Waals surface area contributed by atoms with Crippen molar-refractivity contribution in [2.24, 2.45) is 0 Å². The monoisotopic (exact) mass is 244 g/mol. The predicted octanol–water partition coefficient (Wildman–Crippen LogP) is 0.488. The molecule has 1 aliphatic carbocycles. The van der Waals surface area contributed by atoms with Gasteiger partial charge < -0.3 is 0 Å². The SMILES string of the molecule is O=C1c2ccc([N+](=O)[O-])cc2C(=O)c2n[nH]nc21. The Morgan fingerprint density at radius 3 is 2.28 bits per heavy atom. The van der Waals surface area contributed by atoms with Crippen LogP contribution in [0.15, 0.2) is 18.2 Å². The van der Waals surface area contributed by atoms with Gasteiger partial charge in [0.15, 0.2) is 11.4 Å². The second kappa shape index (κ2) is 3.29. The number of nitro benzene ring substituents is 1. The number of hydrogen-bond acceptors (Lipinski definition) is 6. The molecule has 1 aromatic heterocycles. The average molecular weight is 244 g/mol. The van der Waals surface area contributed by atoms with Crippen molar-refractivity contribution in [2.75, 3.05) is 0 Å². The Kier molecular flexibility index (Phi) is 1.88. The number of aromatic amines is 1. The van der Waals surface area contributed by atoms with Gasteiger partial charge in [-0.2, -0.15) is 15.4 Å². The van der Waals surface area contributed by atoms with E-state index in [9.17, 15) is 19.7 Å². The number of aromatic nitrogens is 3. The van der Waals surface area contributed by atoms with Crippen LogP contribution in [0, 0.1) is 10.1 Å². The first-order chi connectivity index (χ1) is 8.59. The fourth-order valence-electron chi connectivity index (χ4n) is 1.83. The van der Waals surface area contributed by atoms with E-state index in [0.29, 0.717) is 0 Å². The molecule has 1 heterocycles. The summed E-state index contributed by atoms with van der Waals surface area (Å²) in [5.41, 5.74) is -0.321. The number of ketones is 2. The first-order valence-electron chi connectivity index (χ1n) is 4.88. The first kappa shape index (κ1) is 10.3. The average Bonchev–Trinajstić information content (AvgIpc) is 2.84. The molecule has 0 bridgehead atoms. The summed E-state index contributed by atoms with van der Waals surface area (Å²) in [5, 5.41) is 20.0. The largest absolute Gasteiger partial charge is 0.287 e. The summed E-state index contributed by atoms with van der Waals surface area (Å²) < 4.78 is 0. The van der Waals surface area contributed by atoms with Crippen LogP contribution in [0.25, 0.3) is 0 Å². The molecule has 1 N–H and O–H groups in total. The molecule has 3 rings (SSSR count). The predicted molar refractivity (Wildman–Crippen MR) is 56.3 cm³/mol. The number of benzene rings is 1. The third-order valence-electron chi connectivity index (χ3n) is 2.68. The Balaban J connectivity index is 2.27. The smallest absolute Gasteiger partial charge is 0.270 e. The van der Waals surface area contributed by atoms with Crippen LogP contribution in [0.2, 0.25) is 0 Å². The van der Waals surface area contributed by atoms with E-state index < -0.39 is 16.5 Å². The van der Waals surface area contributed by atoms with E-state index in [1.807, 2.05) is 0 Å². The molecule has 1 aliphatic rings. The van der Waals surface area contributed by atoms with Gasteiger partial charge in [0.1, 0.15) is 0 Å². The van der Waals surface area contributed by atoms with Crippen molar-refractivity contribution in [3.63, 3.8) is 0 Å². The number of nitro groups is 1. The molecule has 8 heteroatoms. The molecule has 0 atom stereocenters. The molecular formula is C10H4N4O4. The molecule has 2 aromatic rings. The number of carbonyl (C=O) groups is 2. The summed E-state index contributed by atoms with van der Waals surface area (Å²) in [7, 11) is 0. The number of fused-ring (bicyclic) bond motifs is 2. The van der Waals surface area contributed by atoms with E-state index in [1.165, 1.54) is 12.1 Å². The van der Waals surface area contributed by atoms with Gasteiger partial charge in [0, 0.05) is 23.3 Å². The zero-order valence-corrected chi connectivity index (χ0v) is 8.71. The molecule has 88 valence electrons. The number of carbonyl (C=O) groups excluding carboxylic acids is 2. The second-order valence-corrected chi connectivity index (χ2v) is 3.67. The highest BCUT2D eigenvalue weighted by Gasteiger charge is 2.34. The number of nitrogens with one attached hydrogen (secondary N) is 1. The Morgan fingerprint density at radius 1 is 1.06 bits per heavy atom. The van der Waals surface area contributed by atoms with Crippen molar-refractivity contribution >= 4 is 17.3 Å². The minimum absolute atomic E-state index is 0.0180. The van der Waals surface area contributed by atoms with Gasteiger partial charge in [-0.25, -0.2) is 0 Å². The number of H-pyrrole nitrogens is 1. The third kappa shape index (κ3) is 1.19. The van der Waals surface area contributed by atoms with Crippen molar-refractivity contribution in [1.29, 1.82) is 0 Å². The maximum atomic E-state index is 12.0. The molecule has 0 aliphatic heterocycles. The molecular weight excluding hydrogens is 240 g/mol. The zero-order chi connectivity index (χ0) is 12.9. The van der Waals surface area contributed by atoms with Crippen LogP contribution in [-0.2, 0) is 0 Å². The lowest BCUT2D eigenvalue weighted by molar-refractivity contribution is -0.384. The number of nitrogens with zero attached hydrogens (tertiary/aromatic N) is 3. The minimum Gasteiger partial charge on any atom is -0.287 e. The van der Waals surface area contributed by atoms with Crippen molar-refractivity contribution in [1.82, 2.24) is 15.4 Å². The molecule has 0 amide bonds. The Labute approximate surface area is 98.8 Å². The highest BCUT2D eigenvalue weighted by molar-refractivity contribution is 6.27. The quantitative estimate of drug-likeness (QED) is 0.491. The summed E-state index contributed by atoms with van der Waals surface area (Å²) >= 11 is 0. The number of non-ortho nitro benzene ring substituents is 1. The standard InChI is InChI=1S/C10H4N4O4/c15-9-5-2-1-4(14(17)18)3-6(5)10(16)8-7(9)11-13-12-8/h1-3H,(H,11,12,13). The van der Waals surface area contributed by atoms with Gasteiger partial charge in [0.05, 0.1) is 4.92 Å². The van der Waals surface area contributed by atoms with E-state index in [0.717, 1.165) is 6.07 Å². The van der Waals surface area contributed by atoms with Gasteiger partial charge in [-0.15, -0.1) is 0 Å². The maximum Gasteiger partial charge on any atom is 0.270 e. The van der Waals surface area contributed by atoms with Crippen LogP contribution in [0.4, 0.5) is 5.69 Å². The molecule has 0 fully saturated rings. The number of rotatable bonds is 1. The lowest BCUT2D eigenvalue weighted by Gasteiger charge is -2.10. The van der Waals surface area contributed by atoms with Crippen LogP contribution in [0.5, 0.6) is 0 Å². The molecule has 1 aromatic carbocycles. The van der Waals surface area contributed by atoms with Crippen LogP contribution in [-0.4, -0.2) is 31.9 Å². The van der Waals surface area contributed by atoms with Gasteiger partial charge in [-0.1, -0.05) is 0 Å². The lowest BCUT2D eigenvalue weighted by Crippen LogP contribution is -2.21. The van der Waals surface area contributed by atoms with Gasteiger partial charge in [0.2, 0.25) is 11.6 Å². The van der Waals surface area contributed by atoms with Crippen LogP contribution < -0.4 is 0 Å². The topological polar surface area (TPSA) is 119 Å². The summed E-state index contributed by atoms with van der Waals surface area (Å²) in [5.74, 6) is -1.01. The molecule has 8 nitrogen and oxygen atoms in total. The maximum absolute atomic E-state index is 12.0. The Hall–Kier alpha value is -2.90. The summed E-state index contributed by atoms with van der Waals surface area (Å²) in [6.45, 7) is 0. The normalized spacial score (nSPS) is 13.1. The van der Waals surface area contributed by atoms with Crippen LogP contribution in [0.1, 0.15) is 32.1 Å². The zero-order valence-electron chi connectivity index (χ0n) is 8.71. The van der Waals surface area contributed by atoms with Gasteiger partial charge in [0.25, 0.3) is 5.69 Å². The van der Waals surface area contributed by atoms with E-state index in [4.69, 9.17) is 0 Å². The minimum atomic E-state index is -0.629. The van der Waals surface area contributed by atoms with E-state index >= 15 is 0 Å². The van der Waals surface area contributed by atoms with Crippen molar-refractivity contribution in [3.8, 4) is 0 Å². The molecule has 0 unspecified atom stereocenters. The molecule has 0 saturated heterocycles. The highest BCUT2D eigenvalue weighted by Crippen LogP contribution is 2.27. The van der Waals surface area contributed by atoms with Crippen molar-refractivity contribution < 1.29 is 14.5 Å². The summed E-state index contributed by atoms with van der Waals surface area (Å²) in [4.78, 5) is 34.0. The summed E-state index contributed by atoms with van der Waals surface area (Å²) in [6, 6.07) is 3.51. The van der Waals surface area contributed by atoms with Gasteiger partial charge >= 0.3 is 0 Å². The number of hydrogen-bond donors (Lipinski definition) is 1. The van der Waals surface area contributed by atoms with Crippen LogP contribution in [0.3, 0.4) is 0 Å². The third-order valence-corrected chi connectivity index (χ3v) is 2.68. The van der Waals surface area contributed by atoms with E-state index in [-0.39, 0.29) is 28.2 Å². The van der Waals surface area contributed by atoms with E-state index in [2.05, 4.69) is 15.4 Å². The van der Waals surface area contributed by atoms with E-state index in [1.54, 1.807) is 0 Å². The first-order valence-corrected chi connectivity index (χ1v) is 4.88. The Bertz CT molecular complexity index is 718. The molecule has 0 spiro atoms. The van der Waals surface area contributed by atoms with Crippen LogP contribution >= 0.6 is 0 Å². The summed E-state index contributed by atoms with van der Waals surface area (Å²) in [6.07, 6.45) is 0.